The van der Waals surface area contributed by atoms with E-state index in [9.17, 15) is 13.6 Å². The Labute approximate surface area is 128 Å². The second-order valence-electron chi connectivity index (χ2n) is 3.97. The number of nitrogens with one attached hydrogen (secondary N) is 2. The van der Waals surface area contributed by atoms with Crippen LogP contribution < -0.4 is 10.6 Å². The largest absolute Gasteiger partial charge is 0.363 e. The van der Waals surface area contributed by atoms with Crippen LogP contribution in [0.25, 0.3) is 0 Å². The van der Waals surface area contributed by atoms with Crippen molar-refractivity contribution in [2.45, 2.75) is 16.5 Å². The van der Waals surface area contributed by atoms with Gasteiger partial charge in [0.05, 0.1) is 5.25 Å². The van der Waals surface area contributed by atoms with Crippen LogP contribution in [-0.4, -0.2) is 28.4 Å². The lowest BCUT2D eigenvalue weighted by Gasteiger charge is -2.11. The average Bonchev–Trinajstić information content (AvgIpc) is 2.90. The molecule has 2 N–H and O–H groups in total. The third-order valence-electron chi connectivity index (χ3n) is 2.48. The molecular weight excluding hydrogens is 318 g/mol. The molecule has 0 aliphatic rings. The molecule has 0 saturated heterocycles. The Balaban J connectivity index is 2.02. The molecule has 9 heteroatoms. The van der Waals surface area contributed by atoms with E-state index in [2.05, 4.69) is 20.8 Å². The van der Waals surface area contributed by atoms with Gasteiger partial charge in [-0.05, 0) is 19.1 Å². The number of thioether (sulfide) groups is 1. The Kier molecular flexibility index (Phi) is 5.07. The molecular formula is C12H12F2N4OS2. The van der Waals surface area contributed by atoms with E-state index in [0.717, 1.165) is 12.1 Å². The van der Waals surface area contributed by atoms with Gasteiger partial charge in [-0.25, -0.2) is 8.78 Å². The predicted octanol–water partition coefficient (Wildman–Crippen LogP) is 2.98. The molecule has 0 aliphatic heterocycles. The van der Waals surface area contributed by atoms with Crippen molar-refractivity contribution in [1.29, 1.82) is 0 Å². The van der Waals surface area contributed by atoms with E-state index in [-0.39, 0.29) is 0 Å². The lowest BCUT2D eigenvalue weighted by atomic mass is 10.3. The molecule has 0 fully saturated rings. The summed E-state index contributed by atoms with van der Waals surface area (Å²) in [7, 11) is 1.71. The molecule has 1 aromatic carbocycles. The van der Waals surface area contributed by atoms with Crippen molar-refractivity contribution in [3.8, 4) is 0 Å². The summed E-state index contributed by atoms with van der Waals surface area (Å²) in [6.07, 6.45) is 0. The van der Waals surface area contributed by atoms with Crippen molar-refractivity contribution in [2.24, 2.45) is 0 Å². The highest BCUT2D eigenvalue weighted by molar-refractivity contribution is 8.02. The highest BCUT2D eigenvalue weighted by Crippen LogP contribution is 2.29. The first-order valence-electron chi connectivity index (χ1n) is 5.94. The maximum Gasteiger partial charge on any atom is 0.237 e. The van der Waals surface area contributed by atoms with Gasteiger partial charge in [-0.15, -0.1) is 10.2 Å². The molecule has 0 radical (unpaired) electrons. The molecule has 1 amide bonds. The summed E-state index contributed by atoms with van der Waals surface area (Å²) in [5.41, 5.74) is -0.442. The van der Waals surface area contributed by atoms with Crippen LogP contribution in [0, 0.1) is 11.6 Å². The lowest BCUT2D eigenvalue weighted by molar-refractivity contribution is -0.115. The fourth-order valence-electron chi connectivity index (χ4n) is 1.41. The van der Waals surface area contributed by atoms with Gasteiger partial charge in [-0.3, -0.25) is 4.79 Å². The molecule has 0 saturated carbocycles. The SMILES string of the molecule is CNc1nnc(S[C@H](C)C(=O)Nc2c(F)cccc2F)s1. The van der Waals surface area contributed by atoms with Gasteiger partial charge >= 0.3 is 0 Å². The fourth-order valence-corrected chi connectivity index (χ4v) is 3.25. The number of anilines is 2. The van der Waals surface area contributed by atoms with Gasteiger partial charge in [0.15, 0.2) is 4.34 Å². The minimum Gasteiger partial charge on any atom is -0.363 e. The van der Waals surface area contributed by atoms with Crippen LogP contribution in [0.4, 0.5) is 19.6 Å². The number of benzene rings is 1. The van der Waals surface area contributed by atoms with Gasteiger partial charge in [0.1, 0.15) is 17.3 Å². The molecule has 21 heavy (non-hydrogen) atoms. The molecule has 0 bridgehead atoms. The first-order chi connectivity index (χ1) is 10.0. The number of hydrogen-bond acceptors (Lipinski definition) is 6. The highest BCUT2D eigenvalue weighted by Gasteiger charge is 2.20. The van der Waals surface area contributed by atoms with E-state index in [0.29, 0.717) is 9.47 Å². The van der Waals surface area contributed by atoms with Crippen LogP contribution in [-0.2, 0) is 4.79 Å². The molecule has 1 heterocycles. The Hall–Kier alpha value is -1.74. The molecule has 0 spiro atoms. The zero-order chi connectivity index (χ0) is 15.4. The van der Waals surface area contributed by atoms with Gasteiger partial charge in [0, 0.05) is 7.05 Å². The number of carbonyl (C=O) groups excluding carboxylic acids is 1. The van der Waals surface area contributed by atoms with Gasteiger partial charge in [0.2, 0.25) is 11.0 Å². The van der Waals surface area contributed by atoms with Gasteiger partial charge in [-0.2, -0.15) is 0 Å². The monoisotopic (exact) mass is 330 g/mol. The third kappa shape index (κ3) is 3.88. The number of carbonyl (C=O) groups is 1. The Morgan fingerprint density at radius 3 is 2.57 bits per heavy atom. The van der Waals surface area contributed by atoms with E-state index >= 15 is 0 Å². The molecule has 1 atom stereocenters. The van der Waals surface area contributed by atoms with Crippen molar-refractivity contribution in [2.75, 3.05) is 17.7 Å². The molecule has 2 aromatic rings. The van der Waals surface area contributed by atoms with Crippen molar-refractivity contribution < 1.29 is 13.6 Å². The number of rotatable bonds is 5. The number of aromatic nitrogens is 2. The topological polar surface area (TPSA) is 66.9 Å². The molecule has 0 unspecified atom stereocenters. The maximum absolute atomic E-state index is 13.5. The van der Waals surface area contributed by atoms with E-state index in [4.69, 9.17) is 0 Å². The standard InChI is InChI=1S/C12H12F2N4OS2/c1-6(20-12-18-17-11(15-2)21-12)10(19)16-9-7(13)4-3-5-8(9)14/h3-6H,1-2H3,(H,15,17)(H,16,19)/t6-/m1/s1. The molecule has 5 nitrogen and oxygen atoms in total. The molecule has 1 aromatic heterocycles. The van der Waals surface area contributed by atoms with Crippen molar-refractivity contribution in [3.05, 3.63) is 29.8 Å². The summed E-state index contributed by atoms with van der Waals surface area (Å²) in [6.45, 7) is 1.62. The first-order valence-corrected chi connectivity index (χ1v) is 7.63. The van der Waals surface area contributed by atoms with Gasteiger partial charge in [0.25, 0.3) is 0 Å². The van der Waals surface area contributed by atoms with Crippen molar-refractivity contribution in [1.82, 2.24) is 10.2 Å². The number of amides is 1. The van der Waals surface area contributed by atoms with E-state index in [1.807, 2.05) is 0 Å². The second-order valence-corrected chi connectivity index (χ2v) is 6.53. The van der Waals surface area contributed by atoms with E-state index in [1.165, 1.54) is 29.2 Å². The van der Waals surface area contributed by atoms with E-state index in [1.54, 1.807) is 14.0 Å². The van der Waals surface area contributed by atoms with Crippen LogP contribution in [0.1, 0.15) is 6.92 Å². The minimum absolute atomic E-state index is 0.442. The van der Waals surface area contributed by atoms with Crippen molar-refractivity contribution >= 4 is 39.8 Å². The summed E-state index contributed by atoms with van der Waals surface area (Å²) in [5.74, 6) is -2.13. The first kappa shape index (κ1) is 15.6. The van der Waals surface area contributed by atoms with Crippen LogP contribution in [0.2, 0.25) is 0 Å². The van der Waals surface area contributed by atoms with Crippen LogP contribution in [0.15, 0.2) is 22.5 Å². The third-order valence-corrected chi connectivity index (χ3v) is 4.60. The number of para-hydroxylation sites is 1. The van der Waals surface area contributed by atoms with Crippen LogP contribution in [0.5, 0.6) is 0 Å². The van der Waals surface area contributed by atoms with Crippen LogP contribution >= 0.6 is 23.1 Å². The highest BCUT2D eigenvalue weighted by atomic mass is 32.2. The predicted molar refractivity (Wildman–Crippen MR) is 79.8 cm³/mol. The second kappa shape index (κ2) is 6.81. The zero-order valence-electron chi connectivity index (χ0n) is 11.2. The average molecular weight is 330 g/mol. The smallest absolute Gasteiger partial charge is 0.237 e. The zero-order valence-corrected chi connectivity index (χ0v) is 12.8. The summed E-state index contributed by atoms with van der Waals surface area (Å²) in [4.78, 5) is 12.0. The molecule has 2 rings (SSSR count). The number of hydrogen-bond donors (Lipinski definition) is 2. The molecule has 112 valence electrons. The normalized spacial score (nSPS) is 12.0. The van der Waals surface area contributed by atoms with Gasteiger partial charge in [-0.1, -0.05) is 29.2 Å². The summed E-state index contributed by atoms with van der Waals surface area (Å²) < 4.78 is 27.5. The van der Waals surface area contributed by atoms with Gasteiger partial charge < -0.3 is 10.6 Å². The lowest BCUT2D eigenvalue weighted by Crippen LogP contribution is -2.23. The van der Waals surface area contributed by atoms with Crippen molar-refractivity contribution in [3.63, 3.8) is 0 Å². The maximum atomic E-state index is 13.5. The Bertz CT molecular complexity index is 630. The quantitative estimate of drug-likeness (QED) is 0.825. The Morgan fingerprint density at radius 2 is 2.00 bits per heavy atom. The van der Waals surface area contributed by atoms with Crippen LogP contribution in [0.3, 0.4) is 0 Å². The molecule has 0 aliphatic carbocycles. The minimum atomic E-state index is -0.811. The Morgan fingerprint density at radius 1 is 1.33 bits per heavy atom. The summed E-state index contributed by atoms with van der Waals surface area (Å²) in [6, 6.07) is 3.40. The van der Waals surface area contributed by atoms with E-state index < -0.39 is 28.5 Å². The summed E-state index contributed by atoms with van der Waals surface area (Å²) >= 11 is 2.46. The fraction of sp³-hybridized carbons (Fsp3) is 0.250. The number of nitrogens with zero attached hydrogens (tertiary/aromatic N) is 2. The summed E-state index contributed by atoms with van der Waals surface area (Å²) in [5, 5.41) is 12.9. The number of halogens is 2.